The zero-order chi connectivity index (χ0) is 23.0. The number of esters is 1. The van der Waals surface area contributed by atoms with E-state index in [4.69, 9.17) is 4.74 Å². The molecule has 1 heterocycles. The standard InChI is InChI=1S/C25H32N2O4S/c1-3-4-5-6-7-8-11-20-14-16-21(17-15-20)32(29,30)27-19(2)25(28)31-24-18-26-23-13-10-9-12-22(23)24/h9-10,12-19,26-27H,3-8,11H2,1-2H3/t19-/m0/s1. The van der Waals surface area contributed by atoms with Crippen molar-refractivity contribution in [3.05, 3.63) is 60.3 Å². The zero-order valence-electron chi connectivity index (χ0n) is 18.8. The van der Waals surface area contributed by atoms with Crippen molar-refractivity contribution in [1.82, 2.24) is 9.71 Å². The fourth-order valence-corrected chi connectivity index (χ4v) is 4.81. The van der Waals surface area contributed by atoms with E-state index in [0.29, 0.717) is 5.75 Å². The van der Waals surface area contributed by atoms with Gasteiger partial charge in [-0.3, -0.25) is 0 Å². The van der Waals surface area contributed by atoms with E-state index in [1.54, 1.807) is 18.3 Å². The number of fused-ring (bicyclic) bond motifs is 1. The Bertz CT molecular complexity index is 1120. The summed E-state index contributed by atoms with van der Waals surface area (Å²) < 4.78 is 33.2. The van der Waals surface area contributed by atoms with Crippen LogP contribution in [0.5, 0.6) is 5.75 Å². The fraction of sp³-hybridized carbons (Fsp3) is 0.400. The molecule has 0 aliphatic carbocycles. The minimum Gasteiger partial charge on any atom is -0.423 e. The molecule has 0 bridgehead atoms. The van der Waals surface area contributed by atoms with Gasteiger partial charge >= 0.3 is 5.97 Å². The summed E-state index contributed by atoms with van der Waals surface area (Å²) in [6.45, 7) is 3.68. The average molecular weight is 457 g/mol. The first-order chi connectivity index (χ1) is 15.4. The Labute approximate surface area is 190 Å². The van der Waals surface area contributed by atoms with Crippen molar-refractivity contribution in [3.63, 3.8) is 0 Å². The number of aromatic nitrogens is 1. The molecule has 1 aromatic heterocycles. The summed E-state index contributed by atoms with van der Waals surface area (Å²) >= 11 is 0. The second-order valence-electron chi connectivity index (χ2n) is 8.12. The predicted octanol–water partition coefficient (Wildman–Crippen LogP) is 5.34. The number of para-hydroxylation sites is 1. The summed E-state index contributed by atoms with van der Waals surface area (Å²) in [5.41, 5.74) is 1.95. The highest BCUT2D eigenvalue weighted by Crippen LogP contribution is 2.25. The van der Waals surface area contributed by atoms with Crippen LogP contribution in [0.3, 0.4) is 0 Å². The smallest absolute Gasteiger partial charge is 0.329 e. The largest absolute Gasteiger partial charge is 0.423 e. The second-order valence-corrected chi connectivity index (χ2v) is 9.84. The second kappa shape index (κ2) is 11.3. The molecule has 0 aliphatic heterocycles. The van der Waals surface area contributed by atoms with E-state index < -0.39 is 22.0 Å². The summed E-state index contributed by atoms with van der Waals surface area (Å²) in [6, 6.07) is 13.3. The summed E-state index contributed by atoms with van der Waals surface area (Å²) in [6.07, 6.45) is 9.87. The Morgan fingerprint density at radius 2 is 1.69 bits per heavy atom. The number of hydrogen-bond acceptors (Lipinski definition) is 4. The monoisotopic (exact) mass is 456 g/mol. The maximum atomic E-state index is 12.7. The Hall–Kier alpha value is -2.64. The van der Waals surface area contributed by atoms with Gasteiger partial charge in [-0.05, 0) is 49.6 Å². The van der Waals surface area contributed by atoms with Crippen LogP contribution in [-0.2, 0) is 21.2 Å². The maximum Gasteiger partial charge on any atom is 0.329 e. The van der Waals surface area contributed by atoms with Crippen LogP contribution in [0, 0.1) is 0 Å². The van der Waals surface area contributed by atoms with Crippen LogP contribution in [0.15, 0.2) is 59.6 Å². The van der Waals surface area contributed by atoms with Gasteiger partial charge in [0.05, 0.1) is 4.90 Å². The first-order valence-corrected chi connectivity index (χ1v) is 12.8. The van der Waals surface area contributed by atoms with Crippen molar-refractivity contribution in [2.45, 2.75) is 69.7 Å². The molecule has 3 aromatic rings. The third-order valence-corrected chi connectivity index (χ3v) is 7.06. The lowest BCUT2D eigenvalue weighted by atomic mass is 10.1. The quantitative estimate of drug-likeness (QED) is 0.284. The molecule has 3 rings (SSSR count). The van der Waals surface area contributed by atoms with Crippen LogP contribution < -0.4 is 9.46 Å². The van der Waals surface area contributed by atoms with Gasteiger partial charge in [0.15, 0.2) is 5.75 Å². The third-order valence-electron chi connectivity index (χ3n) is 5.50. The number of H-pyrrole nitrogens is 1. The van der Waals surface area contributed by atoms with Crippen LogP contribution in [0.1, 0.15) is 57.9 Å². The lowest BCUT2D eigenvalue weighted by Gasteiger charge is -2.13. The van der Waals surface area contributed by atoms with Crippen molar-refractivity contribution in [1.29, 1.82) is 0 Å². The van der Waals surface area contributed by atoms with Crippen LogP contribution in [0.4, 0.5) is 0 Å². The van der Waals surface area contributed by atoms with E-state index >= 15 is 0 Å². The van der Waals surface area contributed by atoms with E-state index in [9.17, 15) is 13.2 Å². The van der Waals surface area contributed by atoms with E-state index in [1.807, 2.05) is 36.4 Å². The van der Waals surface area contributed by atoms with E-state index in [2.05, 4.69) is 16.6 Å². The van der Waals surface area contributed by atoms with Crippen molar-refractivity contribution in [2.24, 2.45) is 0 Å². The molecular formula is C25H32N2O4S. The number of hydrogen-bond donors (Lipinski definition) is 2. The van der Waals surface area contributed by atoms with Gasteiger partial charge in [0.1, 0.15) is 6.04 Å². The van der Waals surface area contributed by atoms with E-state index in [0.717, 1.165) is 29.3 Å². The lowest BCUT2D eigenvalue weighted by molar-refractivity contribution is -0.135. The zero-order valence-corrected chi connectivity index (χ0v) is 19.6. The molecule has 7 heteroatoms. The molecular weight excluding hydrogens is 424 g/mol. The van der Waals surface area contributed by atoms with Gasteiger partial charge in [0, 0.05) is 17.1 Å². The molecule has 0 spiro atoms. The molecule has 172 valence electrons. The van der Waals surface area contributed by atoms with Crippen LogP contribution in [0.25, 0.3) is 10.9 Å². The molecule has 0 amide bonds. The lowest BCUT2D eigenvalue weighted by Crippen LogP contribution is -2.40. The van der Waals surface area contributed by atoms with Gasteiger partial charge < -0.3 is 9.72 Å². The van der Waals surface area contributed by atoms with Crippen molar-refractivity contribution in [2.75, 3.05) is 0 Å². The van der Waals surface area contributed by atoms with Crippen molar-refractivity contribution < 1.29 is 17.9 Å². The summed E-state index contributed by atoms with van der Waals surface area (Å²) in [7, 11) is -3.84. The van der Waals surface area contributed by atoms with Gasteiger partial charge in [-0.2, -0.15) is 4.72 Å². The SMILES string of the molecule is CCCCCCCCc1ccc(S(=O)(=O)N[C@@H](C)C(=O)Oc2c[nH]c3ccccc23)cc1. The number of rotatable bonds is 12. The molecule has 0 aliphatic rings. The molecule has 0 fully saturated rings. The van der Waals surface area contributed by atoms with Crippen LogP contribution in [0.2, 0.25) is 0 Å². The Morgan fingerprint density at radius 3 is 2.44 bits per heavy atom. The number of aryl methyl sites for hydroxylation is 1. The highest BCUT2D eigenvalue weighted by molar-refractivity contribution is 7.89. The number of unbranched alkanes of at least 4 members (excludes halogenated alkanes) is 5. The highest BCUT2D eigenvalue weighted by Gasteiger charge is 2.24. The van der Waals surface area contributed by atoms with Gasteiger partial charge in [-0.15, -0.1) is 0 Å². The van der Waals surface area contributed by atoms with Crippen molar-refractivity contribution in [3.8, 4) is 5.75 Å². The molecule has 2 aromatic carbocycles. The molecule has 32 heavy (non-hydrogen) atoms. The van der Waals surface area contributed by atoms with Crippen LogP contribution in [-0.4, -0.2) is 25.4 Å². The molecule has 1 atom stereocenters. The minimum atomic E-state index is -3.84. The predicted molar refractivity (Wildman–Crippen MR) is 127 cm³/mol. The number of carbonyl (C=O) groups is 1. The number of nitrogens with one attached hydrogen (secondary N) is 2. The van der Waals surface area contributed by atoms with Crippen LogP contribution >= 0.6 is 0 Å². The Morgan fingerprint density at radius 1 is 1.00 bits per heavy atom. The first-order valence-electron chi connectivity index (χ1n) is 11.3. The Balaban J connectivity index is 1.53. The molecule has 6 nitrogen and oxygen atoms in total. The van der Waals surface area contributed by atoms with Gasteiger partial charge in [-0.25, -0.2) is 13.2 Å². The highest BCUT2D eigenvalue weighted by atomic mass is 32.2. The van der Waals surface area contributed by atoms with E-state index in [-0.39, 0.29) is 4.90 Å². The van der Waals surface area contributed by atoms with Gasteiger partial charge in [0.25, 0.3) is 0 Å². The molecule has 0 radical (unpaired) electrons. The summed E-state index contributed by atoms with van der Waals surface area (Å²) in [5.74, 6) is -0.297. The average Bonchev–Trinajstić information content (AvgIpc) is 3.19. The normalized spacial score (nSPS) is 12.7. The number of ether oxygens (including phenoxy) is 1. The molecule has 2 N–H and O–H groups in total. The van der Waals surface area contributed by atoms with Crippen molar-refractivity contribution >= 4 is 26.9 Å². The third kappa shape index (κ3) is 6.43. The number of sulfonamides is 1. The molecule has 0 unspecified atom stereocenters. The minimum absolute atomic E-state index is 0.135. The summed E-state index contributed by atoms with van der Waals surface area (Å²) in [4.78, 5) is 15.6. The van der Waals surface area contributed by atoms with E-state index in [1.165, 1.54) is 39.0 Å². The number of carbonyl (C=O) groups excluding carboxylic acids is 1. The Kier molecular flexibility index (Phi) is 8.47. The topological polar surface area (TPSA) is 88.3 Å². The summed E-state index contributed by atoms with van der Waals surface area (Å²) in [5, 5.41) is 0.761. The number of benzene rings is 2. The molecule has 0 saturated heterocycles. The van der Waals surface area contributed by atoms with Gasteiger partial charge in [-0.1, -0.05) is 63.3 Å². The number of aromatic amines is 1. The first kappa shape index (κ1) is 24.0. The maximum absolute atomic E-state index is 12.7. The molecule has 0 saturated carbocycles. The van der Waals surface area contributed by atoms with Gasteiger partial charge in [0.2, 0.25) is 10.0 Å². The fourth-order valence-electron chi connectivity index (χ4n) is 3.62.